The first-order valence-electron chi connectivity index (χ1n) is 13.5. The molecule has 0 aliphatic heterocycles. The average molecular weight is 529 g/mol. The molecule has 3 N–H and O–H groups in total. The molecule has 0 atom stereocenters. The number of hydrogen-bond donors (Lipinski definition) is 2. The molecule has 4 aromatic rings. The van der Waals surface area contributed by atoms with Crippen LogP contribution in [0.1, 0.15) is 49.6 Å². The molecule has 0 saturated heterocycles. The van der Waals surface area contributed by atoms with Gasteiger partial charge in [-0.15, -0.1) is 5.06 Å². The zero-order chi connectivity index (χ0) is 27.5. The number of pyridine rings is 1. The molecule has 204 valence electrons. The summed E-state index contributed by atoms with van der Waals surface area (Å²) in [5.41, 5.74) is 11.1. The molecule has 0 radical (unpaired) electrons. The van der Waals surface area contributed by atoms with Gasteiger partial charge in [0.2, 0.25) is 0 Å². The minimum atomic E-state index is -0.468. The second-order valence-electron chi connectivity index (χ2n) is 9.37. The van der Waals surface area contributed by atoms with Crippen LogP contribution in [-0.4, -0.2) is 40.1 Å². The number of nitrogens with zero attached hydrogens (tertiary/aromatic N) is 4. The van der Waals surface area contributed by atoms with E-state index < -0.39 is 6.03 Å². The van der Waals surface area contributed by atoms with E-state index in [2.05, 4.69) is 46.1 Å². The van der Waals surface area contributed by atoms with Crippen LogP contribution < -0.4 is 16.1 Å². The number of unbranched alkanes of at least 4 members (excludes halogenated alkanes) is 3. The Balaban J connectivity index is 1.46. The van der Waals surface area contributed by atoms with Crippen molar-refractivity contribution >= 4 is 29.4 Å². The predicted molar refractivity (Wildman–Crippen MR) is 153 cm³/mol. The smallest absolute Gasteiger partial charge is 0.335 e. The van der Waals surface area contributed by atoms with Gasteiger partial charge in [-0.05, 0) is 73.3 Å². The fraction of sp³-hybridized carbons (Fsp3) is 0.333. The number of carbonyl (C=O) groups excluding carboxylic acids is 2. The number of rotatable bonds is 14. The Morgan fingerprint density at radius 1 is 1.00 bits per heavy atom. The van der Waals surface area contributed by atoms with Gasteiger partial charge < -0.3 is 15.9 Å². The molecule has 0 spiro atoms. The summed E-state index contributed by atoms with van der Waals surface area (Å²) in [7, 11) is 0. The molecule has 0 aliphatic carbocycles. The lowest BCUT2D eigenvalue weighted by molar-refractivity contribution is -0.128. The molecule has 0 unspecified atom stereocenters. The van der Waals surface area contributed by atoms with Gasteiger partial charge in [-0.3, -0.25) is 9.36 Å². The number of anilines is 1. The summed E-state index contributed by atoms with van der Waals surface area (Å²) in [5, 5.41) is 3.79. The molecular weight excluding hydrogens is 492 g/mol. The van der Waals surface area contributed by atoms with Crippen molar-refractivity contribution < 1.29 is 14.4 Å². The zero-order valence-corrected chi connectivity index (χ0v) is 22.4. The number of fused-ring (bicyclic) bond motifs is 1. The van der Waals surface area contributed by atoms with Crippen molar-refractivity contribution in [1.29, 1.82) is 0 Å². The number of amides is 2. The zero-order valence-electron chi connectivity index (χ0n) is 22.4. The van der Waals surface area contributed by atoms with Gasteiger partial charge in [0.25, 0.3) is 0 Å². The Kier molecular flexibility index (Phi) is 10.0. The molecular formula is C30H36N6O3. The van der Waals surface area contributed by atoms with Crippen LogP contribution in [0, 0.1) is 0 Å². The molecule has 2 amide bonds. The van der Waals surface area contributed by atoms with Crippen LogP contribution in [-0.2, 0) is 28.9 Å². The molecule has 0 bridgehead atoms. The molecule has 4 rings (SSSR count). The summed E-state index contributed by atoms with van der Waals surface area (Å²) < 4.78 is 2.10. The van der Waals surface area contributed by atoms with Crippen LogP contribution in [0.5, 0.6) is 0 Å². The number of urea groups is 1. The number of benzene rings is 2. The maximum Gasteiger partial charge on any atom is 0.355 e. The van der Waals surface area contributed by atoms with E-state index in [0.29, 0.717) is 25.2 Å². The van der Waals surface area contributed by atoms with E-state index in [-0.39, 0.29) is 6.47 Å². The Morgan fingerprint density at radius 2 is 1.74 bits per heavy atom. The third-order valence-corrected chi connectivity index (χ3v) is 6.56. The SMILES string of the molecule is CCCCCCNC(=O)N(OC=O)c1ccc(CCc2nc3cccnc3n2-c2ccc(CCN)cc2)cc1. The summed E-state index contributed by atoms with van der Waals surface area (Å²) in [6, 6.07) is 19.1. The van der Waals surface area contributed by atoms with Gasteiger partial charge in [0, 0.05) is 24.8 Å². The second kappa shape index (κ2) is 14.1. The number of carbonyl (C=O) groups is 2. The summed E-state index contributed by atoms with van der Waals surface area (Å²) in [6.07, 6.45) is 8.20. The molecule has 9 nitrogen and oxygen atoms in total. The first kappa shape index (κ1) is 27.8. The van der Waals surface area contributed by atoms with Crippen LogP contribution in [0.4, 0.5) is 10.5 Å². The minimum absolute atomic E-state index is 0.256. The van der Waals surface area contributed by atoms with Crippen molar-refractivity contribution in [2.24, 2.45) is 5.73 Å². The molecule has 2 aromatic carbocycles. The highest BCUT2D eigenvalue weighted by atomic mass is 16.7. The highest BCUT2D eigenvalue weighted by molar-refractivity contribution is 5.90. The van der Waals surface area contributed by atoms with Crippen molar-refractivity contribution in [3.63, 3.8) is 0 Å². The van der Waals surface area contributed by atoms with Crippen LogP contribution in [0.2, 0.25) is 0 Å². The molecule has 0 fully saturated rings. The molecule has 9 heteroatoms. The number of hydrogen-bond acceptors (Lipinski definition) is 6. The predicted octanol–water partition coefficient (Wildman–Crippen LogP) is 4.89. The number of hydroxylamine groups is 1. The molecule has 0 aliphatic rings. The fourth-order valence-electron chi connectivity index (χ4n) is 4.52. The Labute approximate surface area is 229 Å². The standard InChI is InChI=1S/C30H36N6O3/c1-2-3-4-5-20-33-30(38)36(39-22-37)26-15-10-23(11-16-26)12-17-28-34-27-7-6-21-32-29(27)35(28)25-13-8-24(9-14-25)18-19-31/h6-11,13-16,21-22H,2-5,12,17-20,31H2,1H3,(H,33,38). The lowest BCUT2D eigenvalue weighted by Crippen LogP contribution is -2.40. The van der Waals surface area contributed by atoms with Gasteiger partial charge >= 0.3 is 12.5 Å². The summed E-state index contributed by atoms with van der Waals surface area (Å²) in [4.78, 5) is 38.1. The number of aromatic nitrogens is 3. The Bertz CT molecular complexity index is 1350. The van der Waals surface area contributed by atoms with Gasteiger partial charge in [-0.1, -0.05) is 50.5 Å². The lowest BCUT2D eigenvalue weighted by Gasteiger charge is -2.19. The maximum atomic E-state index is 12.6. The third kappa shape index (κ3) is 7.20. The molecule has 39 heavy (non-hydrogen) atoms. The van der Waals surface area contributed by atoms with E-state index in [4.69, 9.17) is 15.6 Å². The monoisotopic (exact) mass is 528 g/mol. The number of nitrogens with one attached hydrogen (secondary N) is 1. The largest absolute Gasteiger partial charge is 0.355 e. The fourth-order valence-corrected chi connectivity index (χ4v) is 4.52. The lowest BCUT2D eigenvalue weighted by atomic mass is 10.1. The van der Waals surface area contributed by atoms with Crippen LogP contribution in [0.3, 0.4) is 0 Å². The summed E-state index contributed by atoms with van der Waals surface area (Å²) in [6.45, 7) is 3.53. The number of aryl methyl sites for hydroxylation is 2. The van der Waals surface area contributed by atoms with Gasteiger partial charge in [0.15, 0.2) is 5.65 Å². The summed E-state index contributed by atoms with van der Waals surface area (Å²) in [5.74, 6) is 0.910. The van der Waals surface area contributed by atoms with E-state index in [1.807, 2.05) is 24.3 Å². The van der Waals surface area contributed by atoms with Crippen molar-refractivity contribution in [2.45, 2.75) is 51.9 Å². The quantitative estimate of drug-likeness (QED) is 0.137. The van der Waals surface area contributed by atoms with Crippen LogP contribution >= 0.6 is 0 Å². The van der Waals surface area contributed by atoms with E-state index in [1.54, 1.807) is 18.3 Å². The van der Waals surface area contributed by atoms with Crippen LogP contribution in [0.15, 0.2) is 66.9 Å². The number of nitrogens with two attached hydrogens (primary N) is 1. The third-order valence-electron chi connectivity index (χ3n) is 6.56. The minimum Gasteiger partial charge on any atom is -0.335 e. The molecule has 2 heterocycles. The number of imidazole rings is 1. The summed E-state index contributed by atoms with van der Waals surface area (Å²) >= 11 is 0. The molecule has 2 aromatic heterocycles. The van der Waals surface area contributed by atoms with Gasteiger partial charge in [-0.2, -0.15) is 0 Å². The van der Waals surface area contributed by atoms with Crippen LogP contribution in [0.25, 0.3) is 16.9 Å². The van der Waals surface area contributed by atoms with Gasteiger partial charge in [-0.25, -0.2) is 14.8 Å². The van der Waals surface area contributed by atoms with E-state index in [1.165, 1.54) is 5.56 Å². The average Bonchev–Trinajstić information content (AvgIpc) is 3.34. The first-order chi connectivity index (χ1) is 19.1. The Hall–Kier alpha value is -4.24. The van der Waals surface area contributed by atoms with Gasteiger partial charge in [0.1, 0.15) is 11.3 Å². The van der Waals surface area contributed by atoms with E-state index >= 15 is 0 Å². The van der Waals surface area contributed by atoms with E-state index in [9.17, 15) is 9.59 Å². The highest BCUT2D eigenvalue weighted by Gasteiger charge is 2.18. The van der Waals surface area contributed by atoms with E-state index in [0.717, 1.165) is 71.8 Å². The van der Waals surface area contributed by atoms with Crippen molar-refractivity contribution in [3.05, 3.63) is 83.8 Å². The van der Waals surface area contributed by atoms with Gasteiger partial charge in [0.05, 0.1) is 5.69 Å². The highest BCUT2D eigenvalue weighted by Crippen LogP contribution is 2.23. The topological polar surface area (TPSA) is 115 Å². The van der Waals surface area contributed by atoms with Crippen molar-refractivity contribution in [2.75, 3.05) is 18.2 Å². The molecule has 0 saturated carbocycles. The maximum absolute atomic E-state index is 12.6. The normalized spacial score (nSPS) is 10.9. The second-order valence-corrected chi connectivity index (χ2v) is 9.37. The van der Waals surface area contributed by atoms with Crippen molar-refractivity contribution in [1.82, 2.24) is 19.9 Å². The van der Waals surface area contributed by atoms with Crippen molar-refractivity contribution in [3.8, 4) is 5.69 Å². The Morgan fingerprint density at radius 3 is 2.46 bits per heavy atom. The first-order valence-corrected chi connectivity index (χ1v) is 13.5.